The number of benzene rings is 1. The van der Waals surface area contributed by atoms with E-state index in [0.29, 0.717) is 30.2 Å². The van der Waals surface area contributed by atoms with E-state index in [4.69, 9.17) is 9.47 Å². The molecule has 1 aliphatic heterocycles. The number of urea groups is 1. The van der Waals surface area contributed by atoms with Gasteiger partial charge in [-0.15, -0.1) is 11.3 Å². The summed E-state index contributed by atoms with van der Waals surface area (Å²) in [5, 5.41) is 5.92. The fourth-order valence-electron chi connectivity index (χ4n) is 3.35. The maximum Gasteiger partial charge on any atom is 0.317 e. The topological polar surface area (TPSA) is 66.9 Å². The van der Waals surface area contributed by atoms with Crippen LogP contribution in [0.15, 0.2) is 17.5 Å². The average molecular weight is 423 g/mol. The molecule has 9 heteroatoms. The Morgan fingerprint density at radius 1 is 1.21 bits per heavy atom. The lowest BCUT2D eigenvalue weighted by Crippen LogP contribution is -2.43. The van der Waals surface area contributed by atoms with Gasteiger partial charge in [-0.1, -0.05) is 0 Å². The summed E-state index contributed by atoms with van der Waals surface area (Å²) in [6.07, 6.45) is 0.852. The number of halogens is 1. The lowest BCUT2D eigenvalue weighted by molar-refractivity contribution is 0.198. The molecule has 1 aromatic carbocycles. The first kappa shape index (κ1) is 21.2. The Kier molecular flexibility index (Phi) is 6.79. The van der Waals surface area contributed by atoms with E-state index in [1.807, 2.05) is 12.3 Å². The number of ether oxygens (including phenoxy) is 2. The number of methoxy groups -OCH3 is 2. The van der Waals surface area contributed by atoms with E-state index >= 15 is 0 Å². The Hall–Kier alpha value is -2.55. The largest absolute Gasteiger partial charge is 0.493 e. The Morgan fingerprint density at radius 3 is 2.59 bits per heavy atom. The van der Waals surface area contributed by atoms with Crippen molar-refractivity contribution in [3.63, 3.8) is 0 Å². The number of aryl methyl sites for hydroxylation is 1. The van der Waals surface area contributed by atoms with E-state index in [2.05, 4.69) is 15.2 Å². The van der Waals surface area contributed by atoms with Crippen LogP contribution in [0.2, 0.25) is 0 Å². The number of hydrogen-bond acceptors (Lipinski definition) is 6. The maximum absolute atomic E-state index is 14.5. The second-order valence-corrected chi connectivity index (χ2v) is 7.84. The highest BCUT2D eigenvalue weighted by Gasteiger charge is 2.23. The number of aromatic nitrogens is 1. The highest BCUT2D eigenvalue weighted by molar-refractivity contribution is 7.13. The molecule has 1 unspecified atom stereocenters. The van der Waals surface area contributed by atoms with Gasteiger partial charge in [0, 0.05) is 43.2 Å². The third-order valence-corrected chi connectivity index (χ3v) is 5.99. The molecule has 1 N–H and O–H groups in total. The minimum Gasteiger partial charge on any atom is -0.493 e. The lowest BCUT2D eigenvalue weighted by Gasteiger charge is -2.25. The Morgan fingerprint density at radius 2 is 1.93 bits per heavy atom. The van der Waals surface area contributed by atoms with Gasteiger partial charge in [-0.2, -0.15) is 0 Å². The summed E-state index contributed by atoms with van der Waals surface area (Å²) < 4.78 is 24.9. The molecule has 0 radical (unpaired) electrons. The van der Waals surface area contributed by atoms with Crippen LogP contribution >= 0.6 is 11.3 Å². The molecule has 7 nitrogen and oxygen atoms in total. The van der Waals surface area contributed by atoms with Crippen molar-refractivity contribution < 1.29 is 18.7 Å². The smallest absolute Gasteiger partial charge is 0.317 e. The fourth-order valence-corrected chi connectivity index (χ4v) is 4.21. The minimum atomic E-state index is -0.511. The molecule has 158 valence electrons. The first-order chi connectivity index (χ1) is 13.9. The van der Waals surface area contributed by atoms with Crippen molar-refractivity contribution in [2.24, 2.45) is 0 Å². The number of nitrogens with one attached hydrogen (secondary N) is 1. The summed E-state index contributed by atoms with van der Waals surface area (Å²) in [5.41, 5.74) is 1.36. The van der Waals surface area contributed by atoms with Gasteiger partial charge in [0.05, 0.1) is 26.0 Å². The molecule has 29 heavy (non-hydrogen) atoms. The molecule has 2 amide bonds. The van der Waals surface area contributed by atoms with Gasteiger partial charge in [0.15, 0.2) is 16.6 Å². The van der Waals surface area contributed by atoms with Crippen molar-refractivity contribution in [2.75, 3.05) is 45.3 Å². The number of rotatable bonds is 5. The van der Waals surface area contributed by atoms with Gasteiger partial charge >= 0.3 is 6.03 Å². The molecule has 1 aliphatic rings. The number of amides is 2. The summed E-state index contributed by atoms with van der Waals surface area (Å²) in [4.78, 5) is 21.3. The zero-order chi connectivity index (χ0) is 21.0. The summed E-state index contributed by atoms with van der Waals surface area (Å²) in [6.45, 7) is 6.55. The second-order valence-electron chi connectivity index (χ2n) is 7.00. The zero-order valence-corrected chi connectivity index (χ0v) is 18.0. The molecule has 1 atom stereocenters. The van der Waals surface area contributed by atoms with Gasteiger partial charge in [0.2, 0.25) is 0 Å². The van der Waals surface area contributed by atoms with Gasteiger partial charge in [-0.25, -0.2) is 14.2 Å². The Labute approximate surface area is 174 Å². The molecular weight excluding hydrogens is 395 g/mol. The summed E-state index contributed by atoms with van der Waals surface area (Å²) in [5.74, 6) is 0.295. The second kappa shape index (κ2) is 9.30. The van der Waals surface area contributed by atoms with Crippen LogP contribution in [0.3, 0.4) is 0 Å². The molecule has 2 aromatic rings. The van der Waals surface area contributed by atoms with E-state index in [-0.39, 0.29) is 6.03 Å². The van der Waals surface area contributed by atoms with Gasteiger partial charge in [-0.3, -0.25) is 0 Å². The Bertz CT molecular complexity index is 860. The molecule has 3 rings (SSSR count). The predicted octanol–water partition coefficient (Wildman–Crippen LogP) is 3.59. The van der Waals surface area contributed by atoms with Crippen molar-refractivity contribution in [3.05, 3.63) is 34.6 Å². The zero-order valence-electron chi connectivity index (χ0n) is 17.2. The van der Waals surface area contributed by atoms with E-state index in [1.54, 1.807) is 29.2 Å². The van der Waals surface area contributed by atoms with Crippen LogP contribution < -0.4 is 19.7 Å². The molecule has 1 saturated heterocycles. The van der Waals surface area contributed by atoms with Gasteiger partial charge in [-0.05, 0) is 26.3 Å². The molecule has 0 bridgehead atoms. The average Bonchev–Trinajstić information content (AvgIpc) is 2.99. The summed E-state index contributed by atoms with van der Waals surface area (Å²) in [6, 6.07) is 2.12. The van der Waals surface area contributed by atoms with E-state index in [1.165, 1.54) is 20.3 Å². The SMILES string of the molecule is COc1cc(F)c(C(C)NC(=O)N2CCCN(c3nc(C)cs3)CC2)cc1OC. The maximum atomic E-state index is 14.5. The molecule has 0 aliphatic carbocycles. The highest BCUT2D eigenvalue weighted by atomic mass is 32.1. The standard InChI is InChI=1S/C20H27FN4O3S/c1-13-12-29-20(22-13)25-7-5-6-24(8-9-25)19(26)23-14(2)15-10-17(27-3)18(28-4)11-16(15)21/h10-12,14H,5-9H2,1-4H3,(H,23,26). The van der Waals surface area contributed by atoms with E-state index in [9.17, 15) is 9.18 Å². The number of carbonyl (C=O) groups excluding carboxylic acids is 1. The fraction of sp³-hybridized carbons (Fsp3) is 0.500. The van der Waals surface area contributed by atoms with E-state index < -0.39 is 11.9 Å². The normalized spacial score (nSPS) is 15.6. The quantitative estimate of drug-likeness (QED) is 0.798. The van der Waals surface area contributed by atoms with Gasteiger partial charge in [0.25, 0.3) is 0 Å². The summed E-state index contributed by atoms with van der Waals surface area (Å²) in [7, 11) is 2.95. The third-order valence-electron chi connectivity index (χ3n) is 4.97. The number of carbonyl (C=O) groups is 1. The van der Waals surface area contributed by atoms with Crippen molar-refractivity contribution in [1.29, 1.82) is 0 Å². The molecule has 1 fully saturated rings. The number of anilines is 1. The van der Waals surface area contributed by atoms with Crippen LogP contribution in [-0.2, 0) is 0 Å². The third kappa shape index (κ3) is 4.90. The number of thiazole rings is 1. The van der Waals surface area contributed by atoms with Crippen LogP contribution in [0.4, 0.5) is 14.3 Å². The van der Waals surface area contributed by atoms with E-state index in [0.717, 1.165) is 30.3 Å². The number of nitrogens with zero attached hydrogens (tertiary/aromatic N) is 3. The molecule has 0 saturated carbocycles. The molecule has 2 heterocycles. The van der Waals surface area contributed by atoms with Crippen LogP contribution in [0, 0.1) is 12.7 Å². The molecular formula is C20H27FN4O3S. The van der Waals surface area contributed by atoms with Crippen molar-refractivity contribution in [2.45, 2.75) is 26.3 Å². The first-order valence-electron chi connectivity index (χ1n) is 9.57. The van der Waals surface area contributed by atoms with Gasteiger partial charge < -0.3 is 24.6 Å². The van der Waals surface area contributed by atoms with Crippen molar-refractivity contribution >= 4 is 22.5 Å². The Balaban J connectivity index is 1.64. The highest BCUT2D eigenvalue weighted by Crippen LogP contribution is 2.32. The lowest BCUT2D eigenvalue weighted by atomic mass is 10.1. The first-order valence-corrected chi connectivity index (χ1v) is 10.4. The minimum absolute atomic E-state index is 0.205. The van der Waals surface area contributed by atoms with Crippen LogP contribution in [0.1, 0.15) is 30.6 Å². The molecule has 0 spiro atoms. The van der Waals surface area contributed by atoms with Crippen molar-refractivity contribution in [1.82, 2.24) is 15.2 Å². The monoisotopic (exact) mass is 422 g/mol. The van der Waals surface area contributed by atoms with Gasteiger partial charge in [0.1, 0.15) is 5.82 Å². The van der Waals surface area contributed by atoms with Crippen molar-refractivity contribution in [3.8, 4) is 11.5 Å². The van der Waals surface area contributed by atoms with Crippen LogP contribution in [0.25, 0.3) is 0 Å². The predicted molar refractivity (Wildman–Crippen MR) is 112 cm³/mol. The van der Waals surface area contributed by atoms with Crippen LogP contribution in [-0.4, -0.2) is 56.3 Å². The molecule has 1 aromatic heterocycles. The summed E-state index contributed by atoms with van der Waals surface area (Å²) >= 11 is 1.62. The van der Waals surface area contributed by atoms with Crippen LogP contribution in [0.5, 0.6) is 11.5 Å². The number of hydrogen-bond donors (Lipinski definition) is 1.